The standard InChI is InChI=1S/C35H46ClF2N3O4S/c1-22-16-34(41(46(3,43)44)21-23-4-5-23)29(20-32(22)36)24-8-12-40(13-9-24)35(42)31-19-27(39(2)26-10-14-45-15-11-26)18-30(31)28-7-6-25(37)17-33(28)38/h6-7,16-17,20,23-24,26-27,30-31H,4-5,8-15,18-19,21H2,1-3H3. The Labute approximate surface area is 277 Å². The van der Waals surface area contributed by atoms with Gasteiger partial charge in [0.2, 0.25) is 15.9 Å². The Morgan fingerprint density at radius 3 is 2.30 bits per heavy atom. The topological polar surface area (TPSA) is 70.2 Å². The number of rotatable bonds is 9. The van der Waals surface area contributed by atoms with Crippen LogP contribution in [0.25, 0.3) is 0 Å². The second-order valence-corrected chi connectivity index (χ2v) is 16.3. The molecule has 6 rings (SSSR count). The zero-order valence-corrected chi connectivity index (χ0v) is 28.6. The highest BCUT2D eigenvalue weighted by Gasteiger charge is 2.45. The number of piperidine rings is 1. The van der Waals surface area contributed by atoms with E-state index >= 15 is 4.39 Å². The summed E-state index contributed by atoms with van der Waals surface area (Å²) in [5.74, 6) is -1.54. The van der Waals surface area contributed by atoms with Crippen LogP contribution in [0.15, 0.2) is 30.3 Å². The van der Waals surface area contributed by atoms with Gasteiger partial charge in [0.25, 0.3) is 0 Å². The van der Waals surface area contributed by atoms with Crippen LogP contribution in [0.2, 0.25) is 5.02 Å². The number of ether oxygens (including phenoxy) is 1. The first-order chi connectivity index (χ1) is 21.9. The number of sulfonamides is 1. The van der Waals surface area contributed by atoms with E-state index in [0.29, 0.717) is 86.8 Å². The summed E-state index contributed by atoms with van der Waals surface area (Å²) >= 11 is 6.60. The first kappa shape index (κ1) is 33.6. The van der Waals surface area contributed by atoms with E-state index in [1.165, 1.54) is 18.4 Å². The van der Waals surface area contributed by atoms with Gasteiger partial charge in [-0.25, -0.2) is 17.2 Å². The molecule has 252 valence electrons. The average Bonchev–Trinajstić information content (AvgIpc) is 3.76. The summed E-state index contributed by atoms with van der Waals surface area (Å²) in [6.07, 6.45) is 7.79. The number of hydrogen-bond acceptors (Lipinski definition) is 5. The molecule has 2 heterocycles. The predicted molar refractivity (Wildman–Crippen MR) is 177 cm³/mol. The second-order valence-electron chi connectivity index (χ2n) is 14.0. The van der Waals surface area contributed by atoms with Gasteiger partial charge in [-0.15, -0.1) is 0 Å². The third-order valence-corrected chi connectivity index (χ3v) is 12.5. The number of benzene rings is 2. The second kappa shape index (κ2) is 13.7. The van der Waals surface area contributed by atoms with Gasteiger partial charge in [0, 0.05) is 61.9 Å². The minimum atomic E-state index is -3.50. The molecule has 46 heavy (non-hydrogen) atoms. The fourth-order valence-electron chi connectivity index (χ4n) is 7.97. The van der Waals surface area contributed by atoms with Crippen LogP contribution < -0.4 is 4.31 Å². The van der Waals surface area contributed by atoms with E-state index in [9.17, 15) is 17.6 Å². The van der Waals surface area contributed by atoms with Gasteiger partial charge < -0.3 is 14.5 Å². The molecule has 2 aliphatic heterocycles. The van der Waals surface area contributed by atoms with Gasteiger partial charge in [0.05, 0.1) is 11.9 Å². The smallest absolute Gasteiger partial charge is 0.232 e. The quantitative estimate of drug-likeness (QED) is 0.304. The van der Waals surface area contributed by atoms with Crippen LogP contribution in [0.3, 0.4) is 0 Å². The van der Waals surface area contributed by atoms with Crippen LogP contribution in [0.5, 0.6) is 0 Å². The number of carbonyl (C=O) groups is 1. The number of likely N-dealkylation sites (tertiary alicyclic amines) is 1. The van der Waals surface area contributed by atoms with Gasteiger partial charge >= 0.3 is 0 Å². The Hall–Kier alpha value is -2.27. The minimum absolute atomic E-state index is 0.0173. The first-order valence-corrected chi connectivity index (χ1v) is 18.9. The molecular weight excluding hydrogens is 632 g/mol. The van der Waals surface area contributed by atoms with E-state index in [2.05, 4.69) is 11.9 Å². The summed E-state index contributed by atoms with van der Waals surface area (Å²) in [7, 11) is -1.40. The molecular formula is C35H46ClF2N3O4S. The number of halogens is 3. The summed E-state index contributed by atoms with van der Waals surface area (Å²) in [6, 6.07) is 7.99. The third kappa shape index (κ3) is 7.25. The van der Waals surface area contributed by atoms with Gasteiger partial charge in [0.1, 0.15) is 11.6 Å². The van der Waals surface area contributed by atoms with E-state index in [1.54, 1.807) is 4.31 Å². The molecule has 2 aromatic rings. The number of amides is 1. The lowest BCUT2D eigenvalue weighted by Crippen LogP contribution is -2.44. The number of anilines is 1. The number of aryl methyl sites for hydroxylation is 1. The van der Waals surface area contributed by atoms with Gasteiger partial charge in [-0.05, 0) is 118 Å². The molecule has 4 fully saturated rings. The molecule has 0 bridgehead atoms. The molecule has 0 radical (unpaired) electrons. The summed E-state index contributed by atoms with van der Waals surface area (Å²) in [4.78, 5) is 18.5. The lowest BCUT2D eigenvalue weighted by atomic mass is 9.85. The first-order valence-electron chi connectivity index (χ1n) is 16.7. The van der Waals surface area contributed by atoms with Crippen molar-refractivity contribution in [3.63, 3.8) is 0 Å². The summed E-state index contributed by atoms with van der Waals surface area (Å²) in [5, 5.41) is 0.604. The molecule has 11 heteroatoms. The predicted octanol–water partition coefficient (Wildman–Crippen LogP) is 6.48. The Morgan fingerprint density at radius 1 is 0.978 bits per heavy atom. The zero-order chi connectivity index (χ0) is 32.7. The van der Waals surface area contributed by atoms with Crippen molar-refractivity contribution in [3.8, 4) is 0 Å². The van der Waals surface area contributed by atoms with Crippen molar-refractivity contribution in [2.24, 2.45) is 11.8 Å². The van der Waals surface area contributed by atoms with Gasteiger partial charge in [-0.1, -0.05) is 17.7 Å². The van der Waals surface area contributed by atoms with E-state index in [1.807, 2.05) is 24.0 Å². The van der Waals surface area contributed by atoms with Crippen LogP contribution in [-0.2, 0) is 19.6 Å². The van der Waals surface area contributed by atoms with E-state index in [-0.39, 0.29) is 23.8 Å². The van der Waals surface area contributed by atoms with Crippen molar-refractivity contribution >= 4 is 33.2 Å². The van der Waals surface area contributed by atoms with Crippen molar-refractivity contribution in [1.29, 1.82) is 0 Å². The maximum atomic E-state index is 15.2. The molecule has 4 aliphatic rings. The Morgan fingerprint density at radius 2 is 1.67 bits per heavy atom. The third-order valence-electron chi connectivity index (χ3n) is 10.9. The Kier molecular flexibility index (Phi) is 10.0. The van der Waals surface area contributed by atoms with Crippen LogP contribution in [0.1, 0.15) is 79.9 Å². The van der Waals surface area contributed by atoms with Crippen molar-refractivity contribution in [1.82, 2.24) is 9.80 Å². The van der Waals surface area contributed by atoms with Crippen LogP contribution in [-0.4, -0.2) is 82.4 Å². The molecule has 2 saturated carbocycles. The number of nitrogens with zero attached hydrogens (tertiary/aromatic N) is 3. The largest absolute Gasteiger partial charge is 0.381 e. The average molecular weight is 678 g/mol. The SMILES string of the molecule is Cc1cc(N(CC2CC2)S(C)(=O)=O)c(C2CCN(C(=O)C3CC(N(C)C4CCOCC4)CC3c3ccc(F)cc3F)CC2)cc1Cl. The van der Waals surface area contributed by atoms with Crippen LogP contribution >= 0.6 is 11.6 Å². The normalized spacial score (nSPS) is 24.9. The van der Waals surface area contributed by atoms with E-state index in [4.69, 9.17) is 16.3 Å². The van der Waals surface area contributed by atoms with Gasteiger partial charge in [-0.2, -0.15) is 0 Å². The highest BCUT2D eigenvalue weighted by molar-refractivity contribution is 7.92. The van der Waals surface area contributed by atoms with Crippen molar-refractivity contribution in [2.75, 3.05) is 50.5 Å². The number of hydrogen-bond donors (Lipinski definition) is 0. The van der Waals surface area contributed by atoms with E-state index < -0.39 is 27.6 Å². The fourth-order valence-corrected chi connectivity index (χ4v) is 9.14. The molecule has 7 nitrogen and oxygen atoms in total. The summed E-state index contributed by atoms with van der Waals surface area (Å²) in [6.45, 7) is 4.83. The minimum Gasteiger partial charge on any atom is -0.381 e. The molecule has 0 aromatic heterocycles. The maximum absolute atomic E-state index is 15.2. The Bertz CT molecular complexity index is 1540. The highest BCUT2D eigenvalue weighted by atomic mass is 35.5. The highest BCUT2D eigenvalue weighted by Crippen LogP contribution is 2.46. The van der Waals surface area contributed by atoms with Gasteiger partial charge in [0.15, 0.2) is 0 Å². The zero-order valence-electron chi connectivity index (χ0n) is 27.1. The van der Waals surface area contributed by atoms with Crippen molar-refractivity contribution < 1.29 is 26.7 Å². The van der Waals surface area contributed by atoms with Crippen LogP contribution in [0.4, 0.5) is 14.5 Å². The molecule has 0 spiro atoms. The van der Waals surface area contributed by atoms with Gasteiger partial charge in [-0.3, -0.25) is 9.10 Å². The summed E-state index contributed by atoms with van der Waals surface area (Å²) in [5.41, 5.74) is 2.85. The molecule has 3 unspecified atom stereocenters. The number of carbonyl (C=O) groups excluding carboxylic acids is 1. The molecule has 0 N–H and O–H groups in total. The van der Waals surface area contributed by atoms with E-state index in [0.717, 1.165) is 42.9 Å². The molecule has 1 amide bonds. The lowest BCUT2D eigenvalue weighted by molar-refractivity contribution is -0.137. The molecule has 2 aromatic carbocycles. The van der Waals surface area contributed by atoms with Crippen molar-refractivity contribution in [2.45, 2.75) is 82.2 Å². The Balaban J connectivity index is 1.21. The lowest BCUT2D eigenvalue weighted by Gasteiger charge is -2.37. The molecule has 3 atom stereocenters. The monoisotopic (exact) mass is 677 g/mol. The summed E-state index contributed by atoms with van der Waals surface area (Å²) < 4.78 is 62.1. The maximum Gasteiger partial charge on any atom is 0.232 e. The fraction of sp³-hybridized carbons (Fsp3) is 0.629. The van der Waals surface area contributed by atoms with Crippen LogP contribution in [0, 0.1) is 30.4 Å². The molecule has 2 saturated heterocycles. The van der Waals surface area contributed by atoms with Crippen molar-refractivity contribution in [3.05, 3.63) is 63.7 Å². The molecule has 2 aliphatic carbocycles.